The van der Waals surface area contributed by atoms with E-state index in [2.05, 4.69) is 0 Å². The van der Waals surface area contributed by atoms with E-state index in [1.165, 1.54) is 6.92 Å². The molecule has 0 N–H and O–H groups in total. The Hall–Kier alpha value is -1.25. The fraction of sp³-hybridized carbons (Fsp3) is 0.333. The molecule has 0 aromatic heterocycles. The lowest BCUT2D eigenvalue weighted by Gasteiger charge is -2.10. The van der Waals surface area contributed by atoms with Crippen LogP contribution in [-0.4, -0.2) is 6.04 Å². The van der Waals surface area contributed by atoms with Crippen LogP contribution in [0.15, 0.2) is 18.2 Å². The average molecular weight is 168 g/mol. The van der Waals surface area contributed by atoms with Crippen molar-refractivity contribution in [2.75, 3.05) is 0 Å². The Morgan fingerprint density at radius 3 is 2.75 bits per heavy atom. The molecule has 0 aliphatic carbocycles. The molecule has 2 rings (SSSR count). The van der Waals surface area contributed by atoms with Crippen molar-refractivity contribution in [2.24, 2.45) is 0 Å². The number of alkyl halides is 1. The first-order valence-electron chi connectivity index (χ1n) is 3.75. The normalized spacial score (nSPS) is 25.9. The first-order valence-corrected chi connectivity index (χ1v) is 3.75. The van der Waals surface area contributed by atoms with Gasteiger partial charge in [-0.2, -0.15) is 4.39 Å². The number of ether oxygens (including phenoxy) is 2. The zero-order valence-corrected chi connectivity index (χ0v) is 6.93. The van der Waals surface area contributed by atoms with Crippen molar-refractivity contribution in [1.29, 1.82) is 0 Å². The summed E-state index contributed by atoms with van der Waals surface area (Å²) in [5.74, 6) is 0.975. The van der Waals surface area contributed by atoms with Crippen LogP contribution >= 0.6 is 0 Å². The van der Waals surface area contributed by atoms with E-state index in [1.807, 2.05) is 13.0 Å². The van der Waals surface area contributed by atoms with E-state index in [0.717, 1.165) is 5.56 Å². The molecule has 1 unspecified atom stereocenters. The highest BCUT2D eigenvalue weighted by Gasteiger charge is 2.37. The maximum atomic E-state index is 13.1. The van der Waals surface area contributed by atoms with Gasteiger partial charge in [0.1, 0.15) is 0 Å². The van der Waals surface area contributed by atoms with Gasteiger partial charge in [0.2, 0.25) is 0 Å². The van der Waals surface area contributed by atoms with Gasteiger partial charge in [0.05, 0.1) is 0 Å². The standard InChI is InChI=1S/C9H9FO2/c1-6-4-3-5-7-8(6)12-9(2,10)11-7/h3-5H,1-2H3. The van der Waals surface area contributed by atoms with Crippen LogP contribution < -0.4 is 9.47 Å². The number of rotatable bonds is 0. The minimum absolute atomic E-state index is 0.472. The van der Waals surface area contributed by atoms with Gasteiger partial charge in [-0.05, 0) is 18.6 Å². The zero-order valence-electron chi connectivity index (χ0n) is 6.93. The van der Waals surface area contributed by atoms with Crippen molar-refractivity contribution in [3.63, 3.8) is 0 Å². The lowest BCUT2D eigenvalue weighted by Crippen LogP contribution is -2.28. The van der Waals surface area contributed by atoms with Gasteiger partial charge >= 0.3 is 6.04 Å². The molecule has 0 amide bonds. The van der Waals surface area contributed by atoms with Gasteiger partial charge in [0, 0.05) is 6.92 Å². The van der Waals surface area contributed by atoms with E-state index in [4.69, 9.17) is 9.47 Å². The number of para-hydroxylation sites is 1. The largest absolute Gasteiger partial charge is 0.423 e. The van der Waals surface area contributed by atoms with Crippen LogP contribution in [0.5, 0.6) is 11.5 Å². The number of halogens is 1. The highest BCUT2D eigenvalue weighted by Crippen LogP contribution is 2.41. The van der Waals surface area contributed by atoms with Crippen LogP contribution in [0.3, 0.4) is 0 Å². The first-order chi connectivity index (χ1) is 5.58. The fourth-order valence-electron chi connectivity index (χ4n) is 1.24. The fourth-order valence-corrected chi connectivity index (χ4v) is 1.24. The summed E-state index contributed by atoms with van der Waals surface area (Å²) in [5, 5.41) is 0. The van der Waals surface area contributed by atoms with Crippen LogP contribution in [0.2, 0.25) is 0 Å². The van der Waals surface area contributed by atoms with Crippen molar-refractivity contribution in [2.45, 2.75) is 19.9 Å². The highest BCUT2D eigenvalue weighted by atomic mass is 19.2. The van der Waals surface area contributed by atoms with Gasteiger partial charge in [-0.15, -0.1) is 0 Å². The summed E-state index contributed by atoms with van der Waals surface area (Å²) in [4.78, 5) is 0. The molecule has 1 aromatic carbocycles. The second-order valence-electron chi connectivity index (χ2n) is 2.94. The van der Waals surface area contributed by atoms with Gasteiger partial charge < -0.3 is 9.47 Å². The summed E-state index contributed by atoms with van der Waals surface area (Å²) in [6.07, 6.45) is 0. The number of benzene rings is 1. The predicted molar refractivity (Wildman–Crippen MR) is 41.9 cm³/mol. The third-order valence-electron chi connectivity index (χ3n) is 1.75. The Kier molecular flexibility index (Phi) is 1.31. The Labute approximate surface area is 69.9 Å². The summed E-state index contributed by atoms with van der Waals surface area (Å²) in [6.45, 7) is 3.09. The molecule has 3 heteroatoms. The summed E-state index contributed by atoms with van der Waals surface area (Å²) in [5.41, 5.74) is 0.883. The Balaban J connectivity index is 2.48. The molecule has 0 saturated heterocycles. The molecule has 1 aliphatic heterocycles. The minimum Gasteiger partial charge on any atom is -0.423 e. The second kappa shape index (κ2) is 2.12. The molecular formula is C9H9FO2. The van der Waals surface area contributed by atoms with Gasteiger partial charge in [0.15, 0.2) is 11.5 Å². The van der Waals surface area contributed by atoms with Crippen LogP contribution in [0.1, 0.15) is 12.5 Å². The molecule has 1 aliphatic rings. The van der Waals surface area contributed by atoms with Gasteiger partial charge in [-0.1, -0.05) is 12.1 Å². The summed E-state index contributed by atoms with van der Waals surface area (Å²) < 4.78 is 23.0. The molecule has 0 radical (unpaired) electrons. The Morgan fingerprint density at radius 2 is 2.08 bits per heavy atom. The molecule has 1 aromatic rings. The number of aryl methyl sites for hydroxylation is 1. The first kappa shape index (κ1) is 7.40. The molecule has 1 atom stereocenters. The van der Waals surface area contributed by atoms with Gasteiger partial charge in [0.25, 0.3) is 0 Å². The monoisotopic (exact) mass is 168 g/mol. The molecule has 1 heterocycles. The van der Waals surface area contributed by atoms with Crippen LogP contribution in [-0.2, 0) is 0 Å². The molecule has 2 nitrogen and oxygen atoms in total. The van der Waals surface area contributed by atoms with Crippen molar-refractivity contribution in [3.8, 4) is 11.5 Å². The molecule has 64 valence electrons. The molecule has 0 spiro atoms. The highest BCUT2D eigenvalue weighted by molar-refractivity contribution is 5.48. The topological polar surface area (TPSA) is 18.5 Å². The Morgan fingerprint density at radius 1 is 1.33 bits per heavy atom. The van der Waals surface area contributed by atoms with Crippen molar-refractivity contribution in [3.05, 3.63) is 23.8 Å². The lowest BCUT2D eigenvalue weighted by atomic mass is 10.2. The number of fused-ring (bicyclic) bond motifs is 1. The Bertz CT molecular complexity index is 320. The van der Waals surface area contributed by atoms with E-state index in [9.17, 15) is 4.39 Å². The third kappa shape index (κ3) is 1.02. The SMILES string of the molecule is Cc1cccc2c1OC(C)(F)O2. The number of hydrogen-bond acceptors (Lipinski definition) is 2. The zero-order chi connectivity index (χ0) is 8.77. The van der Waals surface area contributed by atoms with E-state index < -0.39 is 6.04 Å². The minimum atomic E-state index is -2.01. The van der Waals surface area contributed by atoms with E-state index in [-0.39, 0.29) is 0 Å². The quantitative estimate of drug-likeness (QED) is 0.592. The smallest absolute Gasteiger partial charge is 0.404 e. The predicted octanol–water partition coefficient (Wildman–Crippen LogP) is 2.41. The van der Waals surface area contributed by atoms with E-state index in [0.29, 0.717) is 11.5 Å². The summed E-state index contributed by atoms with van der Waals surface area (Å²) in [6, 6.07) is 3.34. The molecule has 0 saturated carbocycles. The molecule has 0 bridgehead atoms. The summed E-state index contributed by atoms with van der Waals surface area (Å²) in [7, 11) is 0. The maximum Gasteiger partial charge on any atom is 0.404 e. The van der Waals surface area contributed by atoms with Crippen LogP contribution in [0, 0.1) is 6.92 Å². The third-order valence-corrected chi connectivity index (χ3v) is 1.75. The lowest BCUT2D eigenvalue weighted by molar-refractivity contribution is -0.173. The average Bonchev–Trinajstić information content (AvgIpc) is 2.25. The van der Waals surface area contributed by atoms with E-state index >= 15 is 0 Å². The summed E-state index contributed by atoms with van der Waals surface area (Å²) >= 11 is 0. The number of hydrogen-bond donors (Lipinski definition) is 0. The van der Waals surface area contributed by atoms with E-state index in [1.54, 1.807) is 12.1 Å². The van der Waals surface area contributed by atoms with Crippen molar-refractivity contribution in [1.82, 2.24) is 0 Å². The van der Waals surface area contributed by atoms with Gasteiger partial charge in [-0.3, -0.25) is 0 Å². The van der Waals surface area contributed by atoms with Crippen LogP contribution in [0.4, 0.5) is 4.39 Å². The van der Waals surface area contributed by atoms with Gasteiger partial charge in [-0.25, -0.2) is 0 Å². The van der Waals surface area contributed by atoms with Crippen molar-refractivity contribution >= 4 is 0 Å². The molecule has 0 fully saturated rings. The van der Waals surface area contributed by atoms with Crippen molar-refractivity contribution < 1.29 is 13.9 Å². The molecular weight excluding hydrogens is 159 g/mol. The second-order valence-corrected chi connectivity index (χ2v) is 2.94. The van der Waals surface area contributed by atoms with Crippen LogP contribution in [0.25, 0.3) is 0 Å². The maximum absolute atomic E-state index is 13.1. The molecule has 12 heavy (non-hydrogen) atoms.